The standard InChI is InChI=1S/C18H17NO3/c1-18(2,17(20)21)12-11-15-9-6-10-16(19-15)22-13-14-7-4-3-5-8-14/h3-10H,13H2,1-2H3,(H,20,21). The van der Waals surface area contributed by atoms with Crippen molar-refractivity contribution in [2.24, 2.45) is 5.41 Å². The van der Waals surface area contributed by atoms with Gasteiger partial charge in [0.15, 0.2) is 0 Å². The SMILES string of the molecule is CC(C)(C#Cc1cccc(OCc2ccccc2)n1)C(=O)O. The molecule has 4 heteroatoms. The van der Waals surface area contributed by atoms with Crippen LogP contribution in [0.4, 0.5) is 0 Å². The van der Waals surface area contributed by atoms with E-state index >= 15 is 0 Å². The number of pyridine rings is 1. The predicted molar refractivity (Wildman–Crippen MR) is 83.3 cm³/mol. The Labute approximate surface area is 129 Å². The molecule has 1 N–H and O–H groups in total. The highest BCUT2D eigenvalue weighted by Crippen LogP contribution is 2.14. The topological polar surface area (TPSA) is 59.4 Å². The molecule has 0 aliphatic heterocycles. The van der Waals surface area contributed by atoms with Crippen molar-refractivity contribution >= 4 is 5.97 Å². The Bertz CT molecular complexity index is 712. The summed E-state index contributed by atoms with van der Waals surface area (Å²) in [6.45, 7) is 3.53. The van der Waals surface area contributed by atoms with Crippen molar-refractivity contribution < 1.29 is 14.6 Å². The molecule has 22 heavy (non-hydrogen) atoms. The normalized spacial score (nSPS) is 10.5. The maximum atomic E-state index is 11.0. The number of hydrogen-bond acceptors (Lipinski definition) is 3. The van der Waals surface area contributed by atoms with Gasteiger partial charge in [-0.3, -0.25) is 4.79 Å². The highest BCUT2D eigenvalue weighted by Gasteiger charge is 2.23. The number of carboxylic acid groups (broad SMARTS) is 1. The highest BCUT2D eigenvalue weighted by atomic mass is 16.5. The molecule has 112 valence electrons. The Hall–Kier alpha value is -2.80. The van der Waals surface area contributed by atoms with Crippen LogP contribution in [0.3, 0.4) is 0 Å². The van der Waals surface area contributed by atoms with E-state index in [1.54, 1.807) is 32.0 Å². The van der Waals surface area contributed by atoms with Gasteiger partial charge in [0.1, 0.15) is 17.7 Å². The van der Waals surface area contributed by atoms with E-state index in [-0.39, 0.29) is 0 Å². The second-order valence-electron chi connectivity index (χ2n) is 5.32. The first-order chi connectivity index (χ1) is 10.5. The molecule has 1 aromatic carbocycles. The Morgan fingerprint density at radius 2 is 1.91 bits per heavy atom. The summed E-state index contributed by atoms with van der Waals surface area (Å²) in [7, 11) is 0. The molecule has 4 nitrogen and oxygen atoms in total. The summed E-state index contributed by atoms with van der Waals surface area (Å²) < 4.78 is 5.62. The number of carbonyl (C=O) groups is 1. The number of hydrogen-bond donors (Lipinski definition) is 1. The van der Waals surface area contributed by atoms with Gasteiger partial charge in [-0.05, 0) is 31.4 Å². The van der Waals surface area contributed by atoms with Gasteiger partial charge in [-0.1, -0.05) is 42.3 Å². The summed E-state index contributed by atoms with van der Waals surface area (Å²) >= 11 is 0. The lowest BCUT2D eigenvalue weighted by Gasteiger charge is -2.09. The quantitative estimate of drug-likeness (QED) is 0.880. The first kappa shape index (κ1) is 15.6. The number of carboxylic acids is 1. The lowest BCUT2D eigenvalue weighted by atomic mass is 9.95. The average Bonchev–Trinajstić information content (AvgIpc) is 2.52. The van der Waals surface area contributed by atoms with Crippen molar-refractivity contribution in [3.63, 3.8) is 0 Å². The van der Waals surface area contributed by atoms with E-state index in [9.17, 15) is 4.79 Å². The van der Waals surface area contributed by atoms with Gasteiger partial charge in [-0.2, -0.15) is 0 Å². The molecule has 0 amide bonds. The van der Waals surface area contributed by atoms with Gasteiger partial charge in [0.05, 0.1) is 0 Å². The maximum Gasteiger partial charge on any atom is 0.321 e. The van der Waals surface area contributed by atoms with Crippen molar-refractivity contribution in [3.05, 3.63) is 59.8 Å². The maximum absolute atomic E-state index is 11.0. The van der Waals surface area contributed by atoms with E-state index in [0.29, 0.717) is 18.2 Å². The van der Waals surface area contributed by atoms with E-state index in [4.69, 9.17) is 9.84 Å². The van der Waals surface area contributed by atoms with E-state index in [0.717, 1.165) is 5.56 Å². The van der Waals surface area contributed by atoms with Crippen LogP contribution < -0.4 is 4.74 Å². The molecule has 0 fully saturated rings. The average molecular weight is 295 g/mol. The molecule has 0 bridgehead atoms. The summed E-state index contributed by atoms with van der Waals surface area (Å²) in [5.74, 6) is 4.99. The highest BCUT2D eigenvalue weighted by molar-refractivity contribution is 5.77. The summed E-state index contributed by atoms with van der Waals surface area (Å²) in [4.78, 5) is 15.3. The van der Waals surface area contributed by atoms with Crippen molar-refractivity contribution in [1.29, 1.82) is 0 Å². The van der Waals surface area contributed by atoms with Crippen LogP contribution >= 0.6 is 0 Å². The number of aliphatic carboxylic acids is 1. The molecule has 0 aliphatic rings. The van der Waals surface area contributed by atoms with Gasteiger partial charge in [0.2, 0.25) is 5.88 Å². The molecule has 0 saturated carbocycles. The molecule has 0 spiro atoms. The minimum absolute atomic E-state index is 0.422. The van der Waals surface area contributed by atoms with Crippen molar-refractivity contribution in [2.45, 2.75) is 20.5 Å². The molecular formula is C18H17NO3. The minimum atomic E-state index is -1.11. The molecule has 1 heterocycles. The van der Waals surface area contributed by atoms with Gasteiger partial charge < -0.3 is 9.84 Å². The van der Waals surface area contributed by atoms with Gasteiger partial charge in [-0.25, -0.2) is 4.98 Å². The summed E-state index contributed by atoms with van der Waals surface area (Å²) in [5, 5.41) is 9.04. The van der Waals surface area contributed by atoms with E-state index < -0.39 is 11.4 Å². The van der Waals surface area contributed by atoms with Crippen LogP contribution in [0.25, 0.3) is 0 Å². The van der Waals surface area contributed by atoms with Gasteiger partial charge >= 0.3 is 5.97 Å². The van der Waals surface area contributed by atoms with Crippen LogP contribution in [0, 0.1) is 17.3 Å². The molecule has 0 atom stereocenters. The molecule has 0 aliphatic carbocycles. The van der Waals surface area contributed by atoms with Gasteiger partial charge in [0, 0.05) is 6.07 Å². The number of aromatic nitrogens is 1. The third-order valence-electron chi connectivity index (χ3n) is 2.99. The Morgan fingerprint density at radius 3 is 2.59 bits per heavy atom. The summed E-state index contributed by atoms with van der Waals surface area (Å²) in [6, 6.07) is 15.0. The molecule has 1 aromatic heterocycles. The molecule has 0 saturated heterocycles. The lowest BCUT2D eigenvalue weighted by Crippen LogP contribution is -2.21. The van der Waals surface area contributed by atoms with E-state index in [1.165, 1.54) is 0 Å². The summed E-state index contributed by atoms with van der Waals surface area (Å²) in [6.07, 6.45) is 0. The first-order valence-electron chi connectivity index (χ1n) is 6.88. The Kier molecular flexibility index (Phi) is 4.80. The number of ether oxygens (including phenoxy) is 1. The second-order valence-corrected chi connectivity index (χ2v) is 5.32. The van der Waals surface area contributed by atoms with Crippen molar-refractivity contribution in [3.8, 4) is 17.7 Å². The monoisotopic (exact) mass is 295 g/mol. The predicted octanol–water partition coefficient (Wildman–Crippen LogP) is 3.12. The van der Waals surface area contributed by atoms with E-state index in [2.05, 4.69) is 16.8 Å². The van der Waals surface area contributed by atoms with E-state index in [1.807, 2.05) is 30.3 Å². The zero-order valence-electron chi connectivity index (χ0n) is 12.5. The Balaban J connectivity index is 2.08. The third-order valence-corrected chi connectivity index (χ3v) is 2.99. The van der Waals surface area contributed by atoms with Crippen molar-refractivity contribution in [2.75, 3.05) is 0 Å². The van der Waals surface area contributed by atoms with Gasteiger partial charge in [-0.15, -0.1) is 0 Å². The fourth-order valence-electron chi connectivity index (χ4n) is 1.57. The zero-order chi connectivity index (χ0) is 16.0. The fourth-order valence-corrected chi connectivity index (χ4v) is 1.57. The molecular weight excluding hydrogens is 278 g/mol. The summed E-state index contributed by atoms with van der Waals surface area (Å²) in [5.41, 5.74) is 0.426. The van der Waals surface area contributed by atoms with Crippen molar-refractivity contribution in [1.82, 2.24) is 4.98 Å². The van der Waals surface area contributed by atoms with Crippen LogP contribution in [0.1, 0.15) is 25.1 Å². The molecule has 0 unspecified atom stereocenters. The minimum Gasteiger partial charge on any atom is -0.480 e. The largest absolute Gasteiger partial charge is 0.480 e. The van der Waals surface area contributed by atoms with Crippen LogP contribution in [-0.2, 0) is 11.4 Å². The van der Waals surface area contributed by atoms with Crippen LogP contribution in [0.5, 0.6) is 5.88 Å². The van der Waals surface area contributed by atoms with Crippen LogP contribution in [-0.4, -0.2) is 16.1 Å². The Morgan fingerprint density at radius 1 is 1.18 bits per heavy atom. The molecule has 2 aromatic rings. The molecule has 0 radical (unpaired) electrons. The molecule has 2 rings (SSSR count). The number of benzene rings is 1. The second kappa shape index (κ2) is 6.77. The zero-order valence-corrected chi connectivity index (χ0v) is 12.5. The smallest absolute Gasteiger partial charge is 0.321 e. The van der Waals surface area contributed by atoms with Crippen LogP contribution in [0.15, 0.2) is 48.5 Å². The lowest BCUT2D eigenvalue weighted by molar-refractivity contribution is -0.143. The number of rotatable bonds is 4. The number of nitrogens with zero attached hydrogens (tertiary/aromatic N) is 1. The third kappa shape index (κ3) is 4.35. The van der Waals surface area contributed by atoms with Gasteiger partial charge in [0.25, 0.3) is 0 Å². The first-order valence-corrected chi connectivity index (χ1v) is 6.88. The fraction of sp³-hybridized carbons (Fsp3) is 0.222. The van der Waals surface area contributed by atoms with Crippen LogP contribution in [0.2, 0.25) is 0 Å².